The Kier molecular flexibility index (Phi) is 6.06. The molecule has 0 aliphatic heterocycles. The highest BCUT2D eigenvalue weighted by Gasteiger charge is 2.11. The van der Waals surface area contributed by atoms with Crippen molar-refractivity contribution in [3.8, 4) is 5.75 Å². The first-order valence-electron chi connectivity index (χ1n) is 7.11. The highest BCUT2D eigenvalue weighted by Crippen LogP contribution is 2.26. The summed E-state index contributed by atoms with van der Waals surface area (Å²) >= 11 is 11.6. The summed E-state index contributed by atoms with van der Waals surface area (Å²) < 4.78 is 5.26. The number of halogens is 2. The first kappa shape index (κ1) is 18.1. The van der Waals surface area contributed by atoms with Crippen molar-refractivity contribution in [1.82, 2.24) is 5.32 Å². The van der Waals surface area contributed by atoms with Crippen molar-refractivity contribution in [2.45, 2.75) is 13.8 Å². The molecule has 2 aromatic carbocycles. The lowest BCUT2D eigenvalue weighted by Crippen LogP contribution is -2.37. The standard InChI is InChI=1S/C17H16Cl2N2O3/c1-10-4-3-5-15(11(10)2)20-17(23)21-16(22)9-24-12-6-7-13(18)14(19)8-12/h3-8H,9H2,1-2H3,(H2,20,21,22,23). The van der Waals surface area contributed by atoms with Crippen molar-refractivity contribution in [1.29, 1.82) is 0 Å². The zero-order valence-electron chi connectivity index (χ0n) is 13.2. The van der Waals surface area contributed by atoms with E-state index in [0.29, 0.717) is 21.5 Å². The van der Waals surface area contributed by atoms with Crippen molar-refractivity contribution >= 4 is 40.8 Å². The van der Waals surface area contributed by atoms with Crippen LogP contribution < -0.4 is 15.4 Å². The van der Waals surface area contributed by atoms with Crippen LogP contribution in [0.3, 0.4) is 0 Å². The lowest BCUT2D eigenvalue weighted by Gasteiger charge is -2.11. The minimum Gasteiger partial charge on any atom is -0.484 e. The van der Waals surface area contributed by atoms with Crippen molar-refractivity contribution in [3.05, 3.63) is 57.6 Å². The van der Waals surface area contributed by atoms with Crippen molar-refractivity contribution in [3.63, 3.8) is 0 Å². The van der Waals surface area contributed by atoms with Crippen LogP contribution in [0.25, 0.3) is 0 Å². The summed E-state index contributed by atoms with van der Waals surface area (Å²) in [4.78, 5) is 23.6. The van der Waals surface area contributed by atoms with E-state index in [1.807, 2.05) is 26.0 Å². The molecule has 5 nitrogen and oxygen atoms in total. The summed E-state index contributed by atoms with van der Waals surface area (Å²) in [5, 5.41) is 5.54. The number of hydrogen-bond acceptors (Lipinski definition) is 3. The molecular weight excluding hydrogens is 351 g/mol. The van der Waals surface area contributed by atoms with Crippen molar-refractivity contribution in [2.75, 3.05) is 11.9 Å². The fourth-order valence-electron chi connectivity index (χ4n) is 1.92. The van der Waals surface area contributed by atoms with Crippen LogP contribution in [0.5, 0.6) is 5.75 Å². The van der Waals surface area contributed by atoms with Gasteiger partial charge in [-0.05, 0) is 43.2 Å². The number of hydrogen-bond donors (Lipinski definition) is 2. The number of carbonyl (C=O) groups is 2. The molecule has 0 fully saturated rings. The zero-order chi connectivity index (χ0) is 17.7. The summed E-state index contributed by atoms with van der Waals surface area (Å²) in [5.41, 5.74) is 2.62. The first-order valence-corrected chi connectivity index (χ1v) is 7.87. The topological polar surface area (TPSA) is 67.4 Å². The van der Waals surface area contributed by atoms with Gasteiger partial charge in [-0.2, -0.15) is 0 Å². The normalized spacial score (nSPS) is 10.2. The second kappa shape index (κ2) is 8.04. The summed E-state index contributed by atoms with van der Waals surface area (Å²) in [6.45, 7) is 3.51. The SMILES string of the molecule is Cc1cccc(NC(=O)NC(=O)COc2ccc(Cl)c(Cl)c2)c1C. The van der Waals surface area contributed by atoms with Crippen LogP contribution in [0.4, 0.5) is 10.5 Å². The van der Waals surface area contributed by atoms with Gasteiger partial charge in [0, 0.05) is 11.8 Å². The predicted octanol–water partition coefficient (Wildman–Crippen LogP) is 4.34. The third kappa shape index (κ3) is 4.88. The van der Waals surface area contributed by atoms with Gasteiger partial charge in [0.2, 0.25) is 0 Å². The molecule has 0 aliphatic rings. The number of urea groups is 1. The van der Waals surface area contributed by atoms with E-state index in [4.69, 9.17) is 27.9 Å². The molecule has 7 heteroatoms. The molecule has 0 spiro atoms. The fourth-order valence-corrected chi connectivity index (χ4v) is 2.21. The highest BCUT2D eigenvalue weighted by molar-refractivity contribution is 6.42. The van der Waals surface area contributed by atoms with Gasteiger partial charge in [0.15, 0.2) is 6.61 Å². The summed E-state index contributed by atoms with van der Waals surface area (Å²) in [6.07, 6.45) is 0. The van der Waals surface area contributed by atoms with E-state index in [1.165, 1.54) is 6.07 Å². The Morgan fingerprint density at radius 2 is 1.83 bits per heavy atom. The highest BCUT2D eigenvalue weighted by atomic mass is 35.5. The van der Waals surface area contributed by atoms with E-state index < -0.39 is 11.9 Å². The molecule has 0 heterocycles. The van der Waals surface area contributed by atoms with Gasteiger partial charge >= 0.3 is 6.03 Å². The minimum absolute atomic E-state index is 0.321. The smallest absolute Gasteiger partial charge is 0.325 e. The van der Waals surface area contributed by atoms with Crippen LogP contribution in [-0.4, -0.2) is 18.5 Å². The van der Waals surface area contributed by atoms with Gasteiger partial charge in [0.05, 0.1) is 10.0 Å². The number of imide groups is 1. The lowest BCUT2D eigenvalue weighted by molar-refractivity contribution is -0.121. The quantitative estimate of drug-likeness (QED) is 0.845. The fraction of sp³-hybridized carbons (Fsp3) is 0.176. The Morgan fingerprint density at radius 3 is 2.54 bits per heavy atom. The molecule has 3 amide bonds. The van der Waals surface area contributed by atoms with Crippen molar-refractivity contribution in [2.24, 2.45) is 0 Å². The van der Waals surface area contributed by atoms with Crippen LogP contribution in [0, 0.1) is 13.8 Å². The van der Waals surface area contributed by atoms with E-state index in [1.54, 1.807) is 18.2 Å². The maximum atomic E-state index is 11.9. The number of rotatable bonds is 4. The number of aryl methyl sites for hydroxylation is 1. The van der Waals surface area contributed by atoms with Crippen LogP contribution in [-0.2, 0) is 4.79 Å². The Labute approximate surface area is 149 Å². The molecule has 2 aromatic rings. The number of amides is 3. The maximum absolute atomic E-state index is 11.9. The van der Waals surface area contributed by atoms with Crippen LogP contribution in [0.1, 0.15) is 11.1 Å². The van der Waals surface area contributed by atoms with E-state index >= 15 is 0 Å². The number of benzene rings is 2. The van der Waals surface area contributed by atoms with Crippen LogP contribution >= 0.6 is 23.2 Å². The third-order valence-electron chi connectivity index (χ3n) is 3.37. The van der Waals surface area contributed by atoms with E-state index in [-0.39, 0.29) is 6.61 Å². The molecule has 0 atom stereocenters. The number of anilines is 1. The second-order valence-corrected chi connectivity index (χ2v) is 5.93. The average Bonchev–Trinajstić information content (AvgIpc) is 2.53. The molecule has 0 bridgehead atoms. The number of ether oxygens (including phenoxy) is 1. The van der Waals surface area contributed by atoms with E-state index in [9.17, 15) is 9.59 Å². The molecule has 0 aliphatic carbocycles. The van der Waals surface area contributed by atoms with E-state index in [0.717, 1.165) is 11.1 Å². The molecule has 0 aromatic heterocycles. The number of nitrogens with one attached hydrogen (secondary N) is 2. The first-order chi connectivity index (χ1) is 11.4. The van der Waals surface area contributed by atoms with Gasteiger partial charge in [-0.15, -0.1) is 0 Å². The monoisotopic (exact) mass is 366 g/mol. The van der Waals surface area contributed by atoms with Gasteiger partial charge in [-0.25, -0.2) is 4.79 Å². The summed E-state index contributed by atoms with van der Waals surface area (Å²) in [5.74, 6) is -0.196. The molecule has 0 saturated carbocycles. The second-order valence-electron chi connectivity index (χ2n) is 5.11. The van der Waals surface area contributed by atoms with Crippen LogP contribution in [0.15, 0.2) is 36.4 Å². The molecule has 24 heavy (non-hydrogen) atoms. The third-order valence-corrected chi connectivity index (χ3v) is 4.11. The molecule has 126 valence electrons. The Bertz CT molecular complexity index is 778. The predicted molar refractivity (Wildman–Crippen MR) is 95.0 cm³/mol. The largest absolute Gasteiger partial charge is 0.484 e. The van der Waals surface area contributed by atoms with Gasteiger partial charge in [-0.3, -0.25) is 10.1 Å². The molecule has 0 unspecified atom stereocenters. The lowest BCUT2D eigenvalue weighted by atomic mass is 10.1. The Hall–Kier alpha value is -2.24. The van der Waals surface area contributed by atoms with Crippen molar-refractivity contribution < 1.29 is 14.3 Å². The van der Waals surface area contributed by atoms with Crippen LogP contribution in [0.2, 0.25) is 10.0 Å². The molecule has 0 radical (unpaired) electrons. The average molecular weight is 367 g/mol. The number of carbonyl (C=O) groups excluding carboxylic acids is 2. The summed E-state index contributed by atoms with van der Waals surface area (Å²) in [7, 11) is 0. The van der Waals surface area contributed by atoms with E-state index in [2.05, 4.69) is 10.6 Å². The Morgan fingerprint density at radius 1 is 1.08 bits per heavy atom. The van der Waals surface area contributed by atoms with Gasteiger partial charge < -0.3 is 10.1 Å². The molecule has 0 saturated heterocycles. The minimum atomic E-state index is -0.619. The molecular formula is C17H16Cl2N2O3. The summed E-state index contributed by atoms with van der Waals surface area (Å²) in [6, 6.07) is 9.54. The zero-order valence-corrected chi connectivity index (χ0v) is 14.7. The Balaban J connectivity index is 1.86. The van der Waals surface area contributed by atoms with Gasteiger partial charge in [-0.1, -0.05) is 35.3 Å². The maximum Gasteiger partial charge on any atom is 0.325 e. The molecule has 2 N–H and O–H groups in total. The van der Waals surface area contributed by atoms with Gasteiger partial charge in [0.25, 0.3) is 5.91 Å². The van der Waals surface area contributed by atoms with Gasteiger partial charge in [0.1, 0.15) is 5.75 Å². The molecule has 2 rings (SSSR count).